The number of thiazole rings is 1. The average Bonchev–Trinajstić information content (AvgIpc) is 3.15. The molecule has 1 fully saturated rings. The topological polar surface area (TPSA) is 97.4 Å². The van der Waals surface area contributed by atoms with Gasteiger partial charge in [-0.2, -0.15) is 0 Å². The molecule has 0 spiro atoms. The molecule has 7 nitrogen and oxygen atoms in total. The first-order valence-corrected chi connectivity index (χ1v) is 10.5. The molecule has 8 heteroatoms. The number of hydrogen-bond acceptors (Lipinski definition) is 6. The molecule has 1 aromatic heterocycles. The minimum atomic E-state index is -0.480. The third-order valence-electron chi connectivity index (χ3n) is 4.86. The molecule has 150 valence electrons. The van der Waals surface area contributed by atoms with Gasteiger partial charge < -0.3 is 15.4 Å². The van der Waals surface area contributed by atoms with E-state index in [1.54, 1.807) is 18.3 Å². The van der Waals surface area contributed by atoms with Gasteiger partial charge in [0.2, 0.25) is 5.91 Å². The first kappa shape index (κ1) is 20.3. The van der Waals surface area contributed by atoms with E-state index in [1.807, 2.05) is 24.3 Å². The van der Waals surface area contributed by atoms with Crippen LogP contribution in [0.2, 0.25) is 0 Å². The summed E-state index contributed by atoms with van der Waals surface area (Å²) in [5.41, 5.74) is 0.949. The number of esters is 1. The Bertz CT molecular complexity index is 818. The van der Waals surface area contributed by atoms with Crippen molar-refractivity contribution in [1.29, 1.82) is 0 Å². The highest BCUT2D eigenvalue weighted by Crippen LogP contribution is 2.41. The summed E-state index contributed by atoms with van der Waals surface area (Å²) in [6.07, 6.45) is 3.64. The number of carbonyl (C=O) groups is 3. The van der Waals surface area contributed by atoms with Gasteiger partial charge in [0.25, 0.3) is 5.91 Å². The predicted molar refractivity (Wildman–Crippen MR) is 107 cm³/mol. The molecule has 1 aromatic carbocycles. The maximum absolute atomic E-state index is 12.6. The molecule has 0 bridgehead atoms. The number of aromatic nitrogens is 1. The van der Waals surface area contributed by atoms with E-state index in [0.29, 0.717) is 6.54 Å². The Morgan fingerprint density at radius 3 is 2.71 bits per heavy atom. The summed E-state index contributed by atoms with van der Waals surface area (Å²) < 4.78 is 6.37. The predicted octanol–water partition coefficient (Wildman–Crippen LogP) is 2.37. The van der Waals surface area contributed by atoms with E-state index in [1.165, 1.54) is 0 Å². The van der Waals surface area contributed by atoms with Crippen LogP contribution in [-0.4, -0.2) is 42.5 Å². The maximum atomic E-state index is 12.6. The molecule has 28 heavy (non-hydrogen) atoms. The Balaban J connectivity index is 1.58. The van der Waals surface area contributed by atoms with E-state index in [9.17, 15) is 14.4 Å². The highest BCUT2D eigenvalue weighted by molar-refractivity contribution is 7.18. The highest BCUT2D eigenvalue weighted by atomic mass is 32.1. The van der Waals surface area contributed by atoms with Gasteiger partial charge in [-0.1, -0.05) is 25.0 Å². The summed E-state index contributed by atoms with van der Waals surface area (Å²) in [6.45, 7) is 1.80. The van der Waals surface area contributed by atoms with Crippen LogP contribution in [-0.2, 0) is 19.1 Å². The molecule has 1 saturated carbocycles. The van der Waals surface area contributed by atoms with Crippen LogP contribution >= 0.6 is 11.3 Å². The molecular weight excluding hydrogens is 378 g/mol. The van der Waals surface area contributed by atoms with Crippen LogP contribution < -0.4 is 10.6 Å². The van der Waals surface area contributed by atoms with E-state index >= 15 is 0 Å². The Labute approximate surface area is 167 Å². The molecule has 1 heterocycles. The normalized spacial score (nSPS) is 19.2. The molecule has 2 aromatic rings. The lowest BCUT2D eigenvalue weighted by atomic mass is 9.79. The van der Waals surface area contributed by atoms with E-state index in [-0.39, 0.29) is 36.9 Å². The molecule has 0 aliphatic heterocycles. The summed E-state index contributed by atoms with van der Waals surface area (Å²) in [6, 6.07) is 7.95. The van der Waals surface area contributed by atoms with E-state index < -0.39 is 5.91 Å². The van der Waals surface area contributed by atoms with Gasteiger partial charge in [0.15, 0.2) is 6.61 Å². The molecule has 0 saturated heterocycles. The maximum Gasteiger partial charge on any atom is 0.310 e. The molecule has 0 radical (unpaired) electrons. The van der Waals surface area contributed by atoms with Crippen molar-refractivity contribution >= 4 is 39.3 Å². The minimum Gasteiger partial charge on any atom is -0.455 e. The van der Waals surface area contributed by atoms with Gasteiger partial charge in [-0.25, -0.2) is 4.98 Å². The second-order valence-electron chi connectivity index (χ2n) is 6.86. The highest BCUT2D eigenvalue weighted by Gasteiger charge is 2.35. The molecule has 1 aliphatic rings. The molecule has 3 rings (SSSR count). The van der Waals surface area contributed by atoms with Crippen LogP contribution in [0.3, 0.4) is 0 Å². The second-order valence-corrected chi connectivity index (χ2v) is 7.92. The number of nitrogens with one attached hydrogen (secondary N) is 2. The first-order valence-electron chi connectivity index (χ1n) is 9.64. The zero-order valence-corrected chi connectivity index (χ0v) is 16.7. The molecule has 2 atom stereocenters. The number of hydrogen-bond donors (Lipinski definition) is 2. The Morgan fingerprint density at radius 1 is 1.14 bits per heavy atom. The van der Waals surface area contributed by atoms with Crippen LogP contribution in [0, 0.1) is 5.92 Å². The standard InChI is InChI=1S/C20H25N3O4S/c1-2-21-17(24)11-22-18(25)12-27-20(26)14-8-4-3-7-13(14)19-23-15-9-5-6-10-16(15)28-19/h5-6,9-10,13-14H,2-4,7-8,11-12H2,1H3,(H,21,24)(H,22,25)/t13-,14-/m0/s1. The lowest BCUT2D eigenvalue weighted by molar-refractivity contribution is -0.154. The Morgan fingerprint density at radius 2 is 1.93 bits per heavy atom. The number of amides is 2. The lowest BCUT2D eigenvalue weighted by Crippen LogP contribution is -2.39. The monoisotopic (exact) mass is 403 g/mol. The number of nitrogens with zero attached hydrogens (tertiary/aromatic N) is 1. The number of carbonyl (C=O) groups excluding carboxylic acids is 3. The van der Waals surface area contributed by atoms with E-state index in [2.05, 4.69) is 10.6 Å². The molecule has 2 amide bonds. The first-order chi connectivity index (χ1) is 13.6. The van der Waals surface area contributed by atoms with Crippen LogP contribution in [0.1, 0.15) is 43.5 Å². The van der Waals surface area contributed by atoms with Crippen molar-refractivity contribution in [1.82, 2.24) is 15.6 Å². The quantitative estimate of drug-likeness (QED) is 0.692. The van der Waals surface area contributed by atoms with Gasteiger partial charge in [-0.3, -0.25) is 14.4 Å². The number of benzene rings is 1. The van der Waals surface area contributed by atoms with Crippen LogP contribution in [0.15, 0.2) is 24.3 Å². The lowest BCUT2D eigenvalue weighted by Gasteiger charge is -2.28. The van der Waals surface area contributed by atoms with Gasteiger partial charge in [-0.05, 0) is 31.9 Å². The van der Waals surface area contributed by atoms with Crippen molar-refractivity contribution in [3.05, 3.63) is 29.3 Å². The zero-order chi connectivity index (χ0) is 19.9. The third kappa shape index (κ3) is 5.07. The third-order valence-corrected chi connectivity index (χ3v) is 6.03. The fourth-order valence-corrected chi connectivity index (χ4v) is 4.66. The van der Waals surface area contributed by atoms with Gasteiger partial charge >= 0.3 is 5.97 Å². The van der Waals surface area contributed by atoms with Crippen LogP contribution in [0.5, 0.6) is 0 Å². The average molecular weight is 404 g/mol. The molecule has 1 aliphatic carbocycles. The van der Waals surface area contributed by atoms with Crippen LogP contribution in [0.25, 0.3) is 10.2 Å². The number of para-hydroxylation sites is 1. The van der Waals surface area contributed by atoms with E-state index in [4.69, 9.17) is 9.72 Å². The number of ether oxygens (including phenoxy) is 1. The summed E-state index contributed by atoms with van der Waals surface area (Å²) in [5, 5.41) is 5.99. The van der Waals surface area contributed by atoms with Gasteiger partial charge in [0.05, 0.1) is 27.7 Å². The fraction of sp³-hybridized carbons (Fsp3) is 0.500. The van der Waals surface area contributed by atoms with Gasteiger partial charge in [0, 0.05) is 12.5 Å². The smallest absolute Gasteiger partial charge is 0.310 e. The van der Waals surface area contributed by atoms with Crippen molar-refractivity contribution in [3.8, 4) is 0 Å². The van der Waals surface area contributed by atoms with Crippen molar-refractivity contribution in [2.24, 2.45) is 5.92 Å². The SMILES string of the molecule is CCNC(=O)CNC(=O)COC(=O)[C@H]1CCCC[C@@H]1c1nc2ccccc2s1. The largest absolute Gasteiger partial charge is 0.455 e. The Hall–Kier alpha value is -2.48. The molecule has 0 unspecified atom stereocenters. The van der Waals surface area contributed by atoms with Crippen molar-refractivity contribution in [2.45, 2.75) is 38.5 Å². The summed E-state index contributed by atoms with van der Waals surface area (Å²) in [7, 11) is 0. The molecular formula is C20H25N3O4S. The summed E-state index contributed by atoms with van der Waals surface area (Å²) in [5.74, 6) is -1.38. The number of likely N-dealkylation sites (N-methyl/N-ethyl adjacent to an activating group) is 1. The number of fused-ring (bicyclic) bond motifs is 1. The summed E-state index contributed by atoms with van der Waals surface area (Å²) in [4.78, 5) is 40.6. The second kappa shape index (κ2) is 9.64. The summed E-state index contributed by atoms with van der Waals surface area (Å²) >= 11 is 1.62. The van der Waals surface area contributed by atoms with Crippen molar-refractivity contribution < 1.29 is 19.1 Å². The fourth-order valence-electron chi connectivity index (χ4n) is 3.49. The minimum absolute atomic E-state index is 0.0250. The zero-order valence-electron chi connectivity index (χ0n) is 15.9. The van der Waals surface area contributed by atoms with E-state index in [0.717, 1.165) is 40.9 Å². The van der Waals surface area contributed by atoms with Crippen LogP contribution in [0.4, 0.5) is 0 Å². The van der Waals surface area contributed by atoms with Gasteiger partial charge in [0.1, 0.15) is 0 Å². The van der Waals surface area contributed by atoms with Gasteiger partial charge in [-0.15, -0.1) is 11.3 Å². The van der Waals surface area contributed by atoms with Crippen molar-refractivity contribution in [3.63, 3.8) is 0 Å². The Kier molecular flexibility index (Phi) is 6.97. The van der Waals surface area contributed by atoms with Crippen molar-refractivity contribution in [2.75, 3.05) is 19.7 Å². The molecule has 2 N–H and O–H groups in total. The number of rotatable bonds is 7.